The van der Waals surface area contributed by atoms with Crippen LogP contribution in [0.1, 0.15) is 26.3 Å². The summed E-state index contributed by atoms with van der Waals surface area (Å²) in [4.78, 5) is 0. The van der Waals surface area contributed by atoms with E-state index in [0.29, 0.717) is 12.0 Å². The number of benzene rings is 2. The molecule has 0 bridgehead atoms. The van der Waals surface area contributed by atoms with Gasteiger partial charge >= 0.3 is 0 Å². The summed E-state index contributed by atoms with van der Waals surface area (Å²) in [6.45, 7) is 8.96. The summed E-state index contributed by atoms with van der Waals surface area (Å²) in [5.74, 6) is 0.571. The van der Waals surface area contributed by atoms with Crippen molar-refractivity contribution in [1.29, 1.82) is 0 Å². The highest BCUT2D eigenvalue weighted by Gasteiger charge is 2.12. The number of rotatable bonds is 7. The van der Waals surface area contributed by atoms with Crippen molar-refractivity contribution in [3.05, 3.63) is 48.0 Å². The Morgan fingerprint density at radius 1 is 1.05 bits per heavy atom. The Kier molecular flexibility index (Phi) is 5.57. The fourth-order valence-electron chi connectivity index (χ4n) is 2.33. The van der Waals surface area contributed by atoms with Crippen molar-refractivity contribution >= 4 is 10.8 Å². The van der Waals surface area contributed by atoms with Crippen molar-refractivity contribution in [3.8, 4) is 0 Å². The van der Waals surface area contributed by atoms with Crippen LogP contribution in [0.3, 0.4) is 0 Å². The maximum Gasteiger partial charge on any atom is 0.0622 e. The van der Waals surface area contributed by atoms with Gasteiger partial charge in [0, 0.05) is 19.2 Å². The maximum atomic E-state index is 5.55. The van der Waals surface area contributed by atoms with Gasteiger partial charge in [-0.15, -0.1) is 0 Å². The Hall–Kier alpha value is -1.38. The van der Waals surface area contributed by atoms with Crippen LogP contribution in [0.4, 0.5) is 0 Å². The normalized spacial score (nSPS) is 13.0. The fourth-order valence-corrected chi connectivity index (χ4v) is 2.33. The van der Waals surface area contributed by atoms with Gasteiger partial charge in [-0.05, 0) is 35.2 Å². The molecule has 2 nitrogen and oxygen atoms in total. The van der Waals surface area contributed by atoms with Crippen molar-refractivity contribution in [2.24, 2.45) is 5.92 Å². The van der Waals surface area contributed by atoms with Crippen LogP contribution in [-0.4, -0.2) is 19.3 Å². The lowest BCUT2D eigenvalue weighted by atomic mass is 10.0. The van der Waals surface area contributed by atoms with E-state index in [9.17, 15) is 0 Å². The molecule has 108 valence electrons. The van der Waals surface area contributed by atoms with E-state index in [2.05, 4.69) is 61.6 Å². The molecule has 0 saturated carbocycles. The Balaban J connectivity index is 2.00. The minimum atomic E-state index is 0.404. The highest BCUT2D eigenvalue weighted by molar-refractivity contribution is 5.82. The molecule has 1 unspecified atom stereocenters. The molecule has 1 atom stereocenters. The second kappa shape index (κ2) is 7.41. The molecule has 0 aliphatic rings. The predicted octanol–water partition coefficient (Wildman–Crippen LogP) is 3.99. The van der Waals surface area contributed by atoms with Gasteiger partial charge in [0.05, 0.1) is 6.61 Å². The van der Waals surface area contributed by atoms with Crippen LogP contribution >= 0.6 is 0 Å². The SMILES string of the molecule is CCOCC(NCc1ccc2ccccc2c1)C(C)C. The van der Waals surface area contributed by atoms with Crippen LogP contribution < -0.4 is 5.32 Å². The highest BCUT2D eigenvalue weighted by Crippen LogP contribution is 2.16. The van der Waals surface area contributed by atoms with Crippen LogP contribution in [0.5, 0.6) is 0 Å². The third kappa shape index (κ3) is 4.06. The first-order chi connectivity index (χ1) is 9.70. The molecule has 20 heavy (non-hydrogen) atoms. The lowest BCUT2D eigenvalue weighted by molar-refractivity contribution is 0.108. The van der Waals surface area contributed by atoms with Gasteiger partial charge in [-0.3, -0.25) is 0 Å². The molecule has 0 saturated heterocycles. The van der Waals surface area contributed by atoms with Crippen molar-refractivity contribution in [1.82, 2.24) is 5.32 Å². The van der Waals surface area contributed by atoms with E-state index in [0.717, 1.165) is 19.8 Å². The Bertz CT molecular complexity index is 536. The minimum absolute atomic E-state index is 0.404. The van der Waals surface area contributed by atoms with Crippen molar-refractivity contribution < 1.29 is 4.74 Å². The van der Waals surface area contributed by atoms with Crippen molar-refractivity contribution in [2.45, 2.75) is 33.4 Å². The Labute approximate surface area is 122 Å². The van der Waals surface area contributed by atoms with Gasteiger partial charge in [-0.25, -0.2) is 0 Å². The van der Waals surface area contributed by atoms with Crippen LogP contribution in [0, 0.1) is 5.92 Å². The first-order valence-electron chi connectivity index (χ1n) is 7.49. The highest BCUT2D eigenvalue weighted by atomic mass is 16.5. The molecule has 0 fully saturated rings. The Morgan fingerprint density at radius 2 is 1.80 bits per heavy atom. The Morgan fingerprint density at radius 3 is 2.50 bits per heavy atom. The topological polar surface area (TPSA) is 21.3 Å². The monoisotopic (exact) mass is 271 g/mol. The van der Waals surface area contributed by atoms with Gasteiger partial charge in [0.15, 0.2) is 0 Å². The zero-order valence-corrected chi connectivity index (χ0v) is 12.7. The van der Waals surface area contributed by atoms with E-state index in [-0.39, 0.29) is 0 Å². The quantitative estimate of drug-likeness (QED) is 0.822. The van der Waals surface area contributed by atoms with Gasteiger partial charge in [-0.1, -0.05) is 50.2 Å². The number of hydrogen-bond donors (Lipinski definition) is 1. The molecule has 0 spiro atoms. The molecule has 0 aliphatic heterocycles. The second-order valence-corrected chi connectivity index (χ2v) is 5.57. The summed E-state index contributed by atoms with van der Waals surface area (Å²) >= 11 is 0. The van der Waals surface area contributed by atoms with E-state index in [1.165, 1.54) is 16.3 Å². The predicted molar refractivity (Wildman–Crippen MR) is 85.9 cm³/mol. The van der Waals surface area contributed by atoms with Crippen molar-refractivity contribution in [3.63, 3.8) is 0 Å². The summed E-state index contributed by atoms with van der Waals surface area (Å²) in [6, 6.07) is 15.6. The van der Waals surface area contributed by atoms with E-state index in [4.69, 9.17) is 4.74 Å². The zero-order valence-electron chi connectivity index (χ0n) is 12.7. The third-order valence-corrected chi connectivity index (χ3v) is 3.69. The van der Waals surface area contributed by atoms with E-state index < -0.39 is 0 Å². The molecular formula is C18H25NO. The molecule has 0 heterocycles. The molecule has 0 radical (unpaired) electrons. The first-order valence-corrected chi connectivity index (χ1v) is 7.49. The van der Waals surface area contributed by atoms with Gasteiger partial charge in [-0.2, -0.15) is 0 Å². The minimum Gasteiger partial charge on any atom is -0.380 e. The summed E-state index contributed by atoms with van der Waals surface area (Å²) in [7, 11) is 0. The van der Waals surface area contributed by atoms with Crippen LogP contribution in [-0.2, 0) is 11.3 Å². The summed E-state index contributed by atoms with van der Waals surface area (Å²) in [6.07, 6.45) is 0. The van der Waals surface area contributed by atoms with E-state index in [1.807, 2.05) is 6.92 Å². The summed E-state index contributed by atoms with van der Waals surface area (Å²) in [5, 5.41) is 6.21. The largest absolute Gasteiger partial charge is 0.380 e. The lowest BCUT2D eigenvalue weighted by Crippen LogP contribution is -2.37. The molecule has 0 aliphatic carbocycles. The number of hydrogen-bond acceptors (Lipinski definition) is 2. The molecule has 2 heteroatoms. The van der Waals surface area contributed by atoms with Gasteiger partial charge < -0.3 is 10.1 Å². The van der Waals surface area contributed by atoms with E-state index in [1.54, 1.807) is 0 Å². The smallest absolute Gasteiger partial charge is 0.0622 e. The van der Waals surface area contributed by atoms with Crippen LogP contribution in [0.2, 0.25) is 0 Å². The molecule has 2 aromatic rings. The third-order valence-electron chi connectivity index (χ3n) is 3.69. The standard InChI is InChI=1S/C18H25NO/c1-4-20-13-18(14(2)3)19-12-15-9-10-16-7-5-6-8-17(16)11-15/h5-11,14,18-19H,4,12-13H2,1-3H3. The second-order valence-electron chi connectivity index (χ2n) is 5.57. The molecular weight excluding hydrogens is 246 g/mol. The number of fused-ring (bicyclic) bond motifs is 1. The van der Waals surface area contributed by atoms with Crippen molar-refractivity contribution in [2.75, 3.05) is 13.2 Å². The lowest BCUT2D eigenvalue weighted by Gasteiger charge is -2.22. The first kappa shape index (κ1) is 15.0. The van der Waals surface area contributed by atoms with Crippen LogP contribution in [0.25, 0.3) is 10.8 Å². The van der Waals surface area contributed by atoms with E-state index >= 15 is 0 Å². The summed E-state index contributed by atoms with van der Waals surface area (Å²) < 4.78 is 5.55. The molecule has 1 N–H and O–H groups in total. The number of nitrogens with one attached hydrogen (secondary N) is 1. The van der Waals surface area contributed by atoms with Gasteiger partial charge in [0.1, 0.15) is 0 Å². The average molecular weight is 271 g/mol. The molecule has 2 rings (SSSR count). The zero-order chi connectivity index (χ0) is 14.4. The maximum absolute atomic E-state index is 5.55. The number of ether oxygens (including phenoxy) is 1. The van der Waals surface area contributed by atoms with Crippen LogP contribution in [0.15, 0.2) is 42.5 Å². The fraction of sp³-hybridized carbons (Fsp3) is 0.444. The van der Waals surface area contributed by atoms with Gasteiger partial charge in [0.2, 0.25) is 0 Å². The molecule has 0 amide bonds. The molecule has 0 aromatic heterocycles. The average Bonchev–Trinajstić information content (AvgIpc) is 2.46. The van der Waals surface area contributed by atoms with Gasteiger partial charge in [0.25, 0.3) is 0 Å². The molecule has 2 aromatic carbocycles. The summed E-state index contributed by atoms with van der Waals surface area (Å²) in [5.41, 5.74) is 1.32.